The summed E-state index contributed by atoms with van der Waals surface area (Å²) in [4.78, 5) is 16.7. The van der Waals surface area contributed by atoms with Crippen LogP contribution in [0, 0.1) is 0 Å². The lowest BCUT2D eigenvalue weighted by molar-refractivity contribution is -0.0498. The molecule has 3 aromatic rings. The van der Waals surface area contributed by atoms with Gasteiger partial charge < -0.3 is 4.74 Å². The lowest BCUT2D eigenvalue weighted by atomic mass is 10.1. The molecule has 0 aliphatic rings. The SMILES string of the molecule is O=C(CSc1ccc2ccccc2n1)c1ccc(OC(F)F)cc1. The van der Waals surface area contributed by atoms with E-state index in [2.05, 4.69) is 9.72 Å². The van der Waals surface area contributed by atoms with Crippen molar-refractivity contribution in [3.05, 3.63) is 66.2 Å². The number of carbonyl (C=O) groups is 1. The third kappa shape index (κ3) is 4.08. The van der Waals surface area contributed by atoms with Gasteiger partial charge in [0.15, 0.2) is 5.78 Å². The van der Waals surface area contributed by atoms with Crippen LogP contribution in [0.25, 0.3) is 10.9 Å². The van der Waals surface area contributed by atoms with Gasteiger partial charge in [0.25, 0.3) is 0 Å². The highest BCUT2D eigenvalue weighted by molar-refractivity contribution is 7.99. The largest absolute Gasteiger partial charge is 0.435 e. The Bertz CT molecular complexity index is 853. The molecule has 0 amide bonds. The Kier molecular flexibility index (Phi) is 5.05. The second kappa shape index (κ2) is 7.40. The Hall–Kier alpha value is -2.47. The highest BCUT2D eigenvalue weighted by Gasteiger charge is 2.09. The highest BCUT2D eigenvalue weighted by Crippen LogP contribution is 2.22. The molecule has 0 aliphatic heterocycles. The number of benzene rings is 2. The number of ketones is 1. The molecule has 0 saturated heterocycles. The zero-order valence-electron chi connectivity index (χ0n) is 12.5. The maximum atomic E-state index is 12.2. The predicted molar refractivity (Wildman–Crippen MR) is 89.9 cm³/mol. The highest BCUT2D eigenvalue weighted by atomic mass is 32.2. The standard InChI is InChI=1S/C18H13F2NO2S/c19-18(20)23-14-8-5-13(6-9-14)16(22)11-24-17-10-7-12-3-1-2-4-15(12)21-17/h1-10,18H,11H2. The molecular weight excluding hydrogens is 332 g/mol. The van der Waals surface area contributed by atoms with E-state index < -0.39 is 6.61 Å². The van der Waals surface area contributed by atoms with Crippen molar-refractivity contribution in [3.8, 4) is 5.75 Å². The monoisotopic (exact) mass is 345 g/mol. The Morgan fingerprint density at radius 2 is 1.79 bits per heavy atom. The molecule has 0 spiro atoms. The molecule has 1 heterocycles. The number of carbonyl (C=O) groups excluding carboxylic acids is 1. The Morgan fingerprint density at radius 3 is 2.54 bits per heavy atom. The van der Waals surface area contributed by atoms with Gasteiger partial charge in [-0.05, 0) is 36.4 Å². The molecule has 0 unspecified atom stereocenters. The zero-order chi connectivity index (χ0) is 16.9. The van der Waals surface area contributed by atoms with Crippen molar-refractivity contribution in [1.82, 2.24) is 4.98 Å². The summed E-state index contributed by atoms with van der Waals surface area (Å²) < 4.78 is 28.5. The van der Waals surface area contributed by atoms with E-state index in [9.17, 15) is 13.6 Å². The molecule has 6 heteroatoms. The molecule has 3 rings (SSSR count). The average Bonchev–Trinajstić information content (AvgIpc) is 2.59. The van der Waals surface area contributed by atoms with Gasteiger partial charge in [-0.2, -0.15) is 8.78 Å². The van der Waals surface area contributed by atoms with Crippen LogP contribution in [0.3, 0.4) is 0 Å². The summed E-state index contributed by atoms with van der Waals surface area (Å²) >= 11 is 1.34. The van der Waals surface area contributed by atoms with Crippen LogP contribution in [0.5, 0.6) is 5.75 Å². The maximum Gasteiger partial charge on any atom is 0.387 e. The third-order valence-corrected chi connectivity index (χ3v) is 4.26. The van der Waals surface area contributed by atoms with Gasteiger partial charge in [-0.25, -0.2) is 4.98 Å². The van der Waals surface area contributed by atoms with Gasteiger partial charge in [-0.15, -0.1) is 0 Å². The number of alkyl halides is 2. The smallest absolute Gasteiger partial charge is 0.387 e. The van der Waals surface area contributed by atoms with E-state index in [1.807, 2.05) is 36.4 Å². The van der Waals surface area contributed by atoms with Crippen LogP contribution in [0.15, 0.2) is 65.7 Å². The molecule has 0 N–H and O–H groups in total. The number of nitrogens with zero attached hydrogens (tertiary/aromatic N) is 1. The van der Waals surface area contributed by atoms with Crippen LogP contribution >= 0.6 is 11.8 Å². The fourth-order valence-corrected chi connectivity index (χ4v) is 2.95. The van der Waals surface area contributed by atoms with Gasteiger partial charge >= 0.3 is 6.61 Å². The Morgan fingerprint density at radius 1 is 1.04 bits per heavy atom. The minimum Gasteiger partial charge on any atom is -0.435 e. The first-order chi connectivity index (χ1) is 11.6. The molecule has 122 valence electrons. The van der Waals surface area contributed by atoms with Crippen molar-refractivity contribution in [2.24, 2.45) is 0 Å². The topological polar surface area (TPSA) is 39.2 Å². The number of hydrogen-bond acceptors (Lipinski definition) is 4. The van der Waals surface area contributed by atoms with E-state index >= 15 is 0 Å². The summed E-state index contributed by atoms with van der Waals surface area (Å²) in [6, 6.07) is 17.3. The molecule has 0 atom stereocenters. The van der Waals surface area contributed by atoms with Crippen molar-refractivity contribution in [3.63, 3.8) is 0 Å². The van der Waals surface area contributed by atoms with Gasteiger partial charge in [0.1, 0.15) is 5.75 Å². The Balaban J connectivity index is 1.63. The molecule has 2 aromatic carbocycles. The van der Waals surface area contributed by atoms with Crippen molar-refractivity contribution in [1.29, 1.82) is 0 Å². The first kappa shape index (κ1) is 16.4. The number of halogens is 2. The summed E-state index contributed by atoms with van der Waals surface area (Å²) in [6.07, 6.45) is 0. The van der Waals surface area contributed by atoms with Crippen molar-refractivity contribution >= 4 is 28.4 Å². The van der Waals surface area contributed by atoms with E-state index in [1.165, 1.54) is 36.0 Å². The number of rotatable bonds is 6. The Labute approximate surface area is 141 Å². The van der Waals surface area contributed by atoms with Gasteiger partial charge in [0, 0.05) is 10.9 Å². The van der Waals surface area contributed by atoms with Crippen LogP contribution in [-0.2, 0) is 0 Å². The molecule has 0 radical (unpaired) electrons. The van der Waals surface area contributed by atoms with Crippen molar-refractivity contribution in [2.75, 3.05) is 5.75 Å². The summed E-state index contributed by atoms with van der Waals surface area (Å²) in [6.45, 7) is -2.87. The molecular formula is C18H13F2NO2S. The second-order valence-corrected chi connectivity index (χ2v) is 5.95. The van der Waals surface area contributed by atoms with Gasteiger partial charge in [0.05, 0.1) is 16.3 Å². The molecule has 0 aliphatic carbocycles. The van der Waals surface area contributed by atoms with E-state index in [4.69, 9.17) is 0 Å². The molecule has 1 aromatic heterocycles. The fourth-order valence-electron chi connectivity index (χ4n) is 2.17. The van der Waals surface area contributed by atoms with Crippen LogP contribution < -0.4 is 4.74 Å². The zero-order valence-corrected chi connectivity index (χ0v) is 13.3. The number of thioether (sulfide) groups is 1. The first-order valence-corrected chi connectivity index (χ1v) is 8.17. The van der Waals surface area contributed by atoms with Crippen molar-refractivity contribution < 1.29 is 18.3 Å². The van der Waals surface area contributed by atoms with E-state index in [1.54, 1.807) is 0 Å². The van der Waals surface area contributed by atoms with E-state index in [0.717, 1.165) is 15.9 Å². The molecule has 0 saturated carbocycles. The molecule has 24 heavy (non-hydrogen) atoms. The summed E-state index contributed by atoms with van der Waals surface area (Å²) in [5.74, 6) is 0.157. The van der Waals surface area contributed by atoms with E-state index in [0.29, 0.717) is 5.56 Å². The molecule has 0 bridgehead atoms. The number of ether oxygens (including phenoxy) is 1. The first-order valence-electron chi connectivity index (χ1n) is 7.18. The second-order valence-electron chi connectivity index (χ2n) is 4.96. The number of hydrogen-bond donors (Lipinski definition) is 0. The van der Waals surface area contributed by atoms with Gasteiger partial charge in [0.2, 0.25) is 0 Å². The normalized spacial score (nSPS) is 11.0. The lowest BCUT2D eigenvalue weighted by Gasteiger charge is -2.06. The minimum absolute atomic E-state index is 0.0328. The molecule has 3 nitrogen and oxygen atoms in total. The third-order valence-electron chi connectivity index (χ3n) is 3.33. The number of aromatic nitrogens is 1. The molecule has 0 fully saturated rings. The summed E-state index contributed by atoms with van der Waals surface area (Å²) in [5, 5.41) is 1.81. The lowest BCUT2D eigenvalue weighted by Crippen LogP contribution is -2.04. The summed E-state index contributed by atoms with van der Waals surface area (Å²) in [7, 11) is 0. The van der Waals surface area contributed by atoms with Gasteiger partial charge in [-0.3, -0.25) is 4.79 Å². The van der Waals surface area contributed by atoms with Gasteiger partial charge in [-0.1, -0.05) is 36.0 Å². The number of Topliss-reactive ketones (excluding diaryl/α,β-unsaturated/α-hetero) is 1. The quantitative estimate of drug-likeness (QED) is 0.475. The number of pyridine rings is 1. The predicted octanol–water partition coefficient (Wildman–Crippen LogP) is 4.81. The van der Waals surface area contributed by atoms with Crippen molar-refractivity contribution in [2.45, 2.75) is 11.6 Å². The van der Waals surface area contributed by atoms with Crippen LogP contribution in [0.4, 0.5) is 8.78 Å². The van der Waals surface area contributed by atoms with E-state index in [-0.39, 0.29) is 17.3 Å². The van der Waals surface area contributed by atoms with Crippen LogP contribution in [0.1, 0.15) is 10.4 Å². The van der Waals surface area contributed by atoms with Crippen LogP contribution in [-0.4, -0.2) is 23.1 Å². The number of fused-ring (bicyclic) bond motifs is 1. The summed E-state index contributed by atoms with van der Waals surface area (Å²) in [5.41, 5.74) is 1.33. The maximum absolute atomic E-state index is 12.2. The minimum atomic E-state index is -2.87. The average molecular weight is 345 g/mol. The van der Waals surface area contributed by atoms with Crippen LogP contribution in [0.2, 0.25) is 0 Å². The number of para-hydroxylation sites is 1. The fraction of sp³-hybridized carbons (Fsp3) is 0.111.